The van der Waals surface area contributed by atoms with Crippen LogP contribution in [-0.4, -0.2) is 12.6 Å². The third-order valence-electron chi connectivity index (χ3n) is 3.58. The molecule has 2 amide bonds. The van der Waals surface area contributed by atoms with Gasteiger partial charge in [0.2, 0.25) is 0 Å². The van der Waals surface area contributed by atoms with E-state index in [1.165, 1.54) is 36.0 Å². The van der Waals surface area contributed by atoms with Crippen LogP contribution in [0.4, 0.5) is 4.79 Å². The second kappa shape index (κ2) is 4.40. The van der Waals surface area contributed by atoms with Crippen LogP contribution in [0.5, 0.6) is 0 Å². The standard InChI is InChI=1S/C14H20N2O/c1-14(2,9-16-13(15)17)12-7-6-10-4-3-5-11(10)8-12/h6-8H,3-5,9H2,1-2H3,(H3,15,16,17). The molecular formula is C14H20N2O. The predicted octanol–water partition coefficient (Wildman–Crippen LogP) is 2.12. The number of carbonyl (C=O) groups excluding carboxylic acids is 1. The van der Waals surface area contributed by atoms with Crippen LogP contribution in [0.3, 0.4) is 0 Å². The molecule has 0 saturated heterocycles. The summed E-state index contributed by atoms with van der Waals surface area (Å²) >= 11 is 0. The number of carbonyl (C=O) groups is 1. The molecule has 0 radical (unpaired) electrons. The van der Waals surface area contributed by atoms with Gasteiger partial charge in [-0.05, 0) is 36.0 Å². The molecule has 0 fully saturated rings. The third kappa shape index (κ3) is 2.60. The molecule has 3 heteroatoms. The number of primary amides is 1. The SMILES string of the molecule is CC(C)(CNC(N)=O)c1ccc2c(c1)CCC2. The van der Waals surface area contributed by atoms with E-state index in [1.54, 1.807) is 0 Å². The molecule has 0 heterocycles. The number of nitrogens with one attached hydrogen (secondary N) is 1. The highest BCUT2D eigenvalue weighted by Gasteiger charge is 2.23. The van der Waals surface area contributed by atoms with Crippen LogP contribution in [-0.2, 0) is 18.3 Å². The van der Waals surface area contributed by atoms with Crippen LogP contribution in [0.2, 0.25) is 0 Å². The van der Waals surface area contributed by atoms with Crippen molar-refractivity contribution in [3.05, 3.63) is 34.9 Å². The van der Waals surface area contributed by atoms with Gasteiger partial charge in [0.25, 0.3) is 0 Å². The normalized spacial score (nSPS) is 14.5. The molecule has 1 aliphatic rings. The minimum Gasteiger partial charge on any atom is -0.352 e. The summed E-state index contributed by atoms with van der Waals surface area (Å²) in [5.41, 5.74) is 9.26. The molecule has 92 valence electrons. The van der Waals surface area contributed by atoms with Crippen molar-refractivity contribution >= 4 is 6.03 Å². The molecule has 0 aliphatic heterocycles. The second-order valence-electron chi connectivity index (χ2n) is 5.44. The highest BCUT2D eigenvalue weighted by atomic mass is 16.2. The van der Waals surface area contributed by atoms with Gasteiger partial charge in [-0.2, -0.15) is 0 Å². The van der Waals surface area contributed by atoms with Crippen LogP contribution in [0, 0.1) is 0 Å². The summed E-state index contributed by atoms with van der Waals surface area (Å²) in [5, 5.41) is 2.69. The van der Waals surface area contributed by atoms with Crippen molar-refractivity contribution in [2.24, 2.45) is 5.73 Å². The van der Waals surface area contributed by atoms with Crippen LogP contribution >= 0.6 is 0 Å². The summed E-state index contributed by atoms with van der Waals surface area (Å²) in [6, 6.07) is 6.22. The Labute approximate surface area is 102 Å². The van der Waals surface area contributed by atoms with Crippen LogP contribution < -0.4 is 11.1 Å². The van der Waals surface area contributed by atoms with Gasteiger partial charge in [0.15, 0.2) is 0 Å². The van der Waals surface area contributed by atoms with Crippen molar-refractivity contribution in [1.29, 1.82) is 0 Å². The summed E-state index contributed by atoms with van der Waals surface area (Å²) in [6.45, 7) is 4.82. The zero-order chi connectivity index (χ0) is 12.5. The molecule has 1 aromatic rings. The van der Waals surface area contributed by atoms with E-state index in [1.807, 2.05) is 0 Å². The van der Waals surface area contributed by atoms with Gasteiger partial charge in [0.05, 0.1) is 0 Å². The molecule has 0 atom stereocenters. The van der Waals surface area contributed by atoms with E-state index in [4.69, 9.17) is 5.73 Å². The Kier molecular flexibility index (Phi) is 3.09. The lowest BCUT2D eigenvalue weighted by atomic mass is 9.83. The lowest BCUT2D eigenvalue weighted by Gasteiger charge is -2.26. The Balaban J connectivity index is 2.18. The van der Waals surface area contributed by atoms with Gasteiger partial charge in [-0.1, -0.05) is 32.0 Å². The van der Waals surface area contributed by atoms with E-state index in [-0.39, 0.29) is 5.41 Å². The Bertz CT molecular complexity index is 438. The number of hydrogen-bond donors (Lipinski definition) is 2. The Hall–Kier alpha value is -1.51. The highest BCUT2D eigenvalue weighted by Crippen LogP contribution is 2.29. The first kappa shape index (κ1) is 12.0. The number of nitrogens with two attached hydrogens (primary N) is 1. The van der Waals surface area contributed by atoms with E-state index >= 15 is 0 Å². The predicted molar refractivity (Wildman–Crippen MR) is 69.1 cm³/mol. The summed E-state index contributed by atoms with van der Waals surface area (Å²) in [4.78, 5) is 10.8. The quantitative estimate of drug-likeness (QED) is 0.824. The Morgan fingerprint density at radius 1 is 1.35 bits per heavy atom. The maximum Gasteiger partial charge on any atom is 0.312 e. The average Bonchev–Trinajstić information content (AvgIpc) is 2.73. The van der Waals surface area contributed by atoms with E-state index in [9.17, 15) is 4.79 Å². The molecule has 3 N–H and O–H groups in total. The Morgan fingerprint density at radius 3 is 2.76 bits per heavy atom. The molecule has 1 aliphatic carbocycles. The molecule has 0 aromatic heterocycles. The van der Waals surface area contributed by atoms with Crippen molar-refractivity contribution in [3.8, 4) is 0 Å². The van der Waals surface area contributed by atoms with Gasteiger partial charge in [-0.3, -0.25) is 0 Å². The second-order valence-corrected chi connectivity index (χ2v) is 5.44. The van der Waals surface area contributed by atoms with Gasteiger partial charge in [-0.15, -0.1) is 0 Å². The summed E-state index contributed by atoms with van der Waals surface area (Å²) in [6.07, 6.45) is 3.65. The van der Waals surface area contributed by atoms with Gasteiger partial charge in [0, 0.05) is 12.0 Å². The molecule has 2 rings (SSSR count). The molecule has 0 unspecified atom stereocenters. The first-order chi connectivity index (χ1) is 7.99. The fourth-order valence-corrected chi connectivity index (χ4v) is 2.40. The van der Waals surface area contributed by atoms with Crippen LogP contribution in [0.1, 0.15) is 37.0 Å². The molecule has 0 bridgehead atoms. The van der Waals surface area contributed by atoms with E-state index in [0.717, 1.165) is 0 Å². The molecule has 0 spiro atoms. The first-order valence-corrected chi connectivity index (χ1v) is 6.15. The zero-order valence-electron chi connectivity index (χ0n) is 10.5. The minimum absolute atomic E-state index is 0.0767. The van der Waals surface area contributed by atoms with Crippen molar-refractivity contribution in [2.45, 2.75) is 38.5 Å². The first-order valence-electron chi connectivity index (χ1n) is 6.15. The number of aryl methyl sites for hydroxylation is 2. The molecule has 17 heavy (non-hydrogen) atoms. The zero-order valence-corrected chi connectivity index (χ0v) is 10.5. The topological polar surface area (TPSA) is 55.1 Å². The summed E-state index contributed by atoms with van der Waals surface area (Å²) in [5.74, 6) is 0. The fourth-order valence-electron chi connectivity index (χ4n) is 2.40. The van der Waals surface area contributed by atoms with E-state index in [2.05, 4.69) is 37.4 Å². The molecule has 3 nitrogen and oxygen atoms in total. The van der Waals surface area contributed by atoms with Crippen LogP contribution in [0.15, 0.2) is 18.2 Å². The van der Waals surface area contributed by atoms with Crippen molar-refractivity contribution in [2.75, 3.05) is 6.54 Å². The largest absolute Gasteiger partial charge is 0.352 e. The number of fused-ring (bicyclic) bond motifs is 1. The fraction of sp³-hybridized carbons (Fsp3) is 0.500. The van der Waals surface area contributed by atoms with Crippen LogP contribution in [0.25, 0.3) is 0 Å². The number of amides is 2. The number of benzene rings is 1. The number of urea groups is 1. The van der Waals surface area contributed by atoms with Gasteiger partial charge in [0.1, 0.15) is 0 Å². The average molecular weight is 232 g/mol. The van der Waals surface area contributed by atoms with Crippen molar-refractivity contribution < 1.29 is 4.79 Å². The van der Waals surface area contributed by atoms with Gasteiger partial charge < -0.3 is 11.1 Å². The molecular weight excluding hydrogens is 212 g/mol. The van der Waals surface area contributed by atoms with Crippen molar-refractivity contribution in [1.82, 2.24) is 5.32 Å². The van der Waals surface area contributed by atoms with E-state index in [0.29, 0.717) is 6.54 Å². The maximum atomic E-state index is 10.8. The number of rotatable bonds is 3. The van der Waals surface area contributed by atoms with Gasteiger partial charge in [-0.25, -0.2) is 4.79 Å². The van der Waals surface area contributed by atoms with E-state index < -0.39 is 6.03 Å². The maximum absolute atomic E-state index is 10.8. The lowest BCUT2D eigenvalue weighted by molar-refractivity contribution is 0.246. The Morgan fingerprint density at radius 2 is 2.06 bits per heavy atom. The highest BCUT2D eigenvalue weighted by molar-refractivity contribution is 5.71. The monoisotopic (exact) mass is 232 g/mol. The van der Waals surface area contributed by atoms with Gasteiger partial charge >= 0.3 is 6.03 Å². The summed E-state index contributed by atoms with van der Waals surface area (Å²) in [7, 11) is 0. The lowest BCUT2D eigenvalue weighted by Crippen LogP contribution is -2.39. The summed E-state index contributed by atoms with van der Waals surface area (Å²) < 4.78 is 0. The molecule has 0 saturated carbocycles. The number of hydrogen-bond acceptors (Lipinski definition) is 1. The smallest absolute Gasteiger partial charge is 0.312 e. The van der Waals surface area contributed by atoms with Crippen molar-refractivity contribution in [3.63, 3.8) is 0 Å². The minimum atomic E-state index is -0.459. The molecule has 1 aromatic carbocycles. The third-order valence-corrected chi connectivity index (χ3v) is 3.58.